The van der Waals surface area contributed by atoms with Crippen molar-refractivity contribution in [2.45, 2.75) is 0 Å². The van der Waals surface area contributed by atoms with E-state index in [9.17, 15) is 4.79 Å². The third-order valence-corrected chi connectivity index (χ3v) is 4.62. The normalized spacial score (nSPS) is 11.2. The summed E-state index contributed by atoms with van der Waals surface area (Å²) in [6.07, 6.45) is 3.84. The van der Waals surface area contributed by atoms with Crippen LogP contribution in [0.4, 0.5) is 5.69 Å². The van der Waals surface area contributed by atoms with Crippen LogP contribution in [0.3, 0.4) is 0 Å². The highest BCUT2D eigenvalue weighted by Crippen LogP contribution is 2.28. The lowest BCUT2D eigenvalue weighted by Crippen LogP contribution is -2.11. The van der Waals surface area contributed by atoms with Crippen molar-refractivity contribution in [2.24, 2.45) is 14.1 Å². The van der Waals surface area contributed by atoms with Gasteiger partial charge in [-0.15, -0.1) is 0 Å². The van der Waals surface area contributed by atoms with Crippen LogP contribution in [0.2, 0.25) is 0 Å². The summed E-state index contributed by atoms with van der Waals surface area (Å²) >= 11 is 0. The fraction of sp³-hybridized carbons (Fsp3) is 0.150. The number of amides is 1. The standard InChI is InChI=1S/C20H19N3O2/c1-22-10-9-14-17(5-4-6-18(14)22)21-20(24)16-12-23(2)19-8-7-13(25-3)11-15(16)19/h4-12H,1-3H3,(H,21,24). The van der Waals surface area contributed by atoms with Gasteiger partial charge in [0, 0.05) is 48.3 Å². The van der Waals surface area contributed by atoms with Crippen molar-refractivity contribution in [1.29, 1.82) is 0 Å². The van der Waals surface area contributed by atoms with Gasteiger partial charge in [0.25, 0.3) is 5.91 Å². The number of ether oxygens (including phenoxy) is 1. The average Bonchev–Trinajstić information content (AvgIpc) is 3.16. The molecule has 1 N–H and O–H groups in total. The Kier molecular flexibility index (Phi) is 3.50. The number of nitrogens with one attached hydrogen (secondary N) is 1. The van der Waals surface area contributed by atoms with Gasteiger partial charge in [0.2, 0.25) is 0 Å². The zero-order valence-corrected chi connectivity index (χ0v) is 14.4. The number of hydrogen-bond acceptors (Lipinski definition) is 2. The number of carbonyl (C=O) groups excluding carboxylic acids is 1. The molecule has 0 aliphatic carbocycles. The molecule has 5 heteroatoms. The van der Waals surface area contributed by atoms with Crippen molar-refractivity contribution in [3.63, 3.8) is 0 Å². The molecule has 0 aliphatic heterocycles. The van der Waals surface area contributed by atoms with E-state index in [-0.39, 0.29) is 5.91 Å². The van der Waals surface area contributed by atoms with Crippen LogP contribution >= 0.6 is 0 Å². The van der Waals surface area contributed by atoms with Gasteiger partial charge in [0.05, 0.1) is 18.4 Å². The minimum absolute atomic E-state index is 0.129. The van der Waals surface area contributed by atoms with E-state index < -0.39 is 0 Å². The number of aryl methyl sites for hydroxylation is 2. The van der Waals surface area contributed by atoms with Gasteiger partial charge in [-0.1, -0.05) is 6.07 Å². The molecule has 5 nitrogen and oxygen atoms in total. The molecular weight excluding hydrogens is 314 g/mol. The molecule has 2 heterocycles. The highest BCUT2D eigenvalue weighted by molar-refractivity contribution is 6.15. The predicted molar refractivity (Wildman–Crippen MR) is 100 cm³/mol. The van der Waals surface area contributed by atoms with Gasteiger partial charge in [0.15, 0.2) is 0 Å². The second-order valence-electron chi connectivity index (χ2n) is 6.16. The number of methoxy groups -OCH3 is 1. The summed E-state index contributed by atoms with van der Waals surface area (Å²) in [6, 6.07) is 13.7. The highest BCUT2D eigenvalue weighted by Gasteiger charge is 2.16. The number of anilines is 1. The molecule has 0 saturated heterocycles. The number of hydrogen-bond donors (Lipinski definition) is 1. The fourth-order valence-electron chi connectivity index (χ4n) is 3.28. The van der Waals surface area contributed by atoms with Crippen LogP contribution in [0.5, 0.6) is 5.75 Å². The van der Waals surface area contributed by atoms with Gasteiger partial charge < -0.3 is 19.2 Å². The average molecular weight is 333 g/mol. The summed E-state index contributed by atoms with van der Waals surface area (Å²) in [5.41, 5.74) is 3.51. The third-order valence-electron chi connectivity index (χ3n) is 4.62. The molecule has 2 aromatic carbocycles. The lowest BCUT2D eigenvalue weighted by Gasteiger charge is -2.07. The molecule has 0 atom stereocenters. The molecule has 4 aromatic rings. The fourth-order valence-corrected chi connectivity index (χ4v) is 3.28. The zero-order chi connectivity index (χ0) is 17.6. The van der Waals surface area contributed by atoms with Crippen LogP contribution in [0.15, 0.2) is 54.9 Å². The first-order valence-electron chi connectivity index (χ1n) is 8.07. The zero-order valence-electron chi connectivity index (χ0n) is 14.4. The Labute approximate surface area is 145 Å². The molecule has 25 heavy (non-hydrogen) atoms. The first-order valence-corrected chi connectivity index (χ1v) is 8.07. The molecule has 0 unspecified atom stereocenters. The Hall–Kier alpha value is -3.21. The third kappa shape index (κ3) is 2.45. The first kappa shape index (κ1) is 15.3. The maximum atomic E-state index is 12.9. The van der Waals surface area contributed by atoms with E-state index in [0.717, 1.165) is 33.2 Å². The molecule has 0 aliphatic rings. The van der Waals surface area contributed by atoms with Crippen LogP contribution in [-0.4, -0.2) is 22.2 Å². The molecule has 0 spiro atoms. The number of rotatable bonds is 3. The minimum Gasteiger partial charge on any atom is -0.497 e. The van der Waals surface area contributed by atoms with Crippen LogP contribution in [0.25, 0.3) is 21.8 Å². The van der Waals surface area contributed by atoms with E-state index in [1.807, 2.05) is 78.1 Å². The molecule has 0 saturated carbocycles. The van der Waals surface area contributed by atoms with E-state index in [1.54, 1.807) is 7.11 Å². The molecule has 2 aromatic heterocycles. The van der Waals surface area contributed by atoms with Crippen LogP contribution < -0.4 is 10.1 Å². The number of carbonyl (C=O) groups is 1. The number of nitrogens with zero attached hydrogens (tertiary/aromatic N) is 2. The van der Waals surface area contributed by atoms with Gasteiger partial charge >= 0.3 is 0 Å². The van der Waals surface area contributed by atoms with Crippen molar-refractivity contribution >= 4 is 33.4 Å². The van der Waals surface area contributed by atoms with Gasteiger partial charge in [0.1, 0.15) is 5.75 Å². The second kappa shape index (κ2) is 5.70. The van der Waals surface area contributed by atoms with Gasteiger partial charge in [-0.25, -0.2) is 0 Å². The maximum absolute atomic E-state index is 12.9. The molecule has 1 amide bonds. The molecule has 0 bridgehead atoms. The van der Waals surface area contributed by atoms with Crippen molar-refractivity contribution in [1.82, 2.24) is 9.13 Å². The van der Waals surface area contributed by atoms with Crippen LogP contribution in [0, 0.1) is 0 Å². The topological polar surface area (TPSA) is 48.2 Å². The molecule has 0 radical (unpaired) electrons. The van der Waals surface area contributed by atoms with Gasteiger partial charge in [-0.3, -0.25) is 4.79 Å². The molecule has 4 rings (SSSR count). The van der Waals surface area contributed by atoms with E-state index >= 15 is 0 Å². The first-order chi connectivity index (χ1) is 12.1. The largest absolute Gasteiger partial charge is 0.497 e. The Morgan fingerprint density at radius 2 is 1.80 bits per heavy atom. The SMILES string of the molecule is COc1ccc2c(c1)c(C(=O)Nc1cccc3c1ccn3C)cn2C. The molecule has 126 valence electrons. The van der Waals surface area contributed by atoms with Gasteiger partial charge in [-0.05, 0) is 36.4 Å². The number of aromatic nitrogens is 2. The van der Waals surface area contributed by atoms with Crippen molar-refractivity contribution < 1.29 is 9.53 Å². The maximum Gasteiger partial charge on any atom is 0.257 e. The molecular formula is C20H19N3O2. The van der Waals surface area contributed by atoms with Crippen LogP contribution in [0.1, 0.15) is 10.4 Å². The Bertz CT molecular complexity index is 1100. The monoisotopic (exact) mass is 333 g/mol. The Balaban J connectivity index is 1.77. The van der Waals surface area contributed by atoms with Gasteiger partial charge in [-0.2, -0.15) is 0 Å². The van der Waals surface area contributed by atoms with E-state index in [0.29, 0.717) is 5.56 Å². The predicted octanol–water partition coefficient (Wildman–Crippen LogP) is 3.93. The Morgan fingerprint density at radius 1 is 1.00 bits per heavy atom. The summed E-state index contributed by atoms with van der Waals surface area (Å²) < 4.78 is 9.29. The van der Waals surface area contributed by atoms with Crippen molar-refractivity contribution in [3.05, 3.63) is 60.4 Å². The van der Waals surface area contributed by atoms with E-state index in [4.69, 9.17) is 4.74 Å². The van der Waals surface area contributed by atoms with Crippen LogP contribution in [-0.2, 0) is 14.1 Å². The quantitative estimate of drug-likeness (QED) is 0.617. The molecule has 0 fully saturated rings. The van der Waals surface area contributed by atoms with E-state index in [2.05, 4.69) is 5.32 Å². The number of benzene rings is 2. The smallest absolute Gasteiger partial charge is 0.257 e. The summed E-state index contributed by atoms with van der Waals surface area (Å²) in [5, 5.41) is 4.95. The van der Waals surface area contributed by atoms with E-state index in [1.165, 1.54) is 0 Å². The number of fused-ring (bicyclic) bond motifs is 2. The summed E-state index contributed by atoms with van der Waals surface area (Å²) in [5.74, 6) is 0.605. The Morgan fingerprint density at radius 3 is 2.60 bits per heavy atom. The van der Waals surface area contributed by atoms with Crippen molar-refractivity contribution in [3.8, 4) is 5.75 Å². The summed E-state index contributed by atoms with van der Waals surface area (Å²) in [7, 11) is 5.55. The second-order valence-corrected chi connectivity index (χ2v) is 6.16. The summed E-state index contributed by atoms with van der Waals surface area (Å²) in [4.78, 5) is 12.9. The minimum atomic E-state index is -0.129. The lowest BCUT2D eigenvalue weighted by molar-refractivity contribution is 0.102. The summed E-state index contributed by atoms with van der Waals surface area (Å²) in [6.45, 7) is 0. The van der Waals surface area contributed by atoms with Crippen molar-refractivity contribution in [2.75, 3.05) is 12.4 Å². The lowest BCUT2D eigenvalue weighted by atomic mass is 10.1. The highest BCUT2D eigenvalue weighted by atomic mass is 16.5.